The highest BCUT2D eigenvalue weighted by atomic mass is 16.3. The molecule has 0 fully saturated rings. The maximum atomic E-state index is 11.6. The van der Waals surface area contributed by atoms with E-state index in [4.69, 9.17) is 15.3 Å². The van der Waals surface area contributed by atoms with Crippen molar-refractivity contribution in [2.45, 2.75) is 31.3 Å². The molecule has 106 valence electrons. The molecule has 7 nitrogen and oxygen atoms in total. The van der Waals surface area contributed by atoms with Crippen LogP contribution in [0.5, 0.6) is 0 Å². The molecule has 0 heterocycles. The quantitative estimate of drug-likeness (QED) is 0.321. The zero-order chi connectivity index (χ0) is 14.2. The summed E-state index contributed by atoms with van der Waals surface area (Å²) >= 11 is 0. The normalized spacial score (nSPS) is 13.2. The highest BCUT2D eigenvalue weighted by Crippen LogP contribution is 2.04. The fraction of sp³-hybridized carbons (Fsp3) is 0.818. The van der Waals surface area contributed by atoms with Crippen LogP contribution in [0.2, 0.25) is 0 Å². The van der Waals surface area contributed by atoms with Crippen LogP contribution in [0.1, 0.15) is 19.8 Å². The van der Waals surface area contributed by atoms with E-state index in [1.807, 2.05) is 0 Å². The molecule has 0 aliphatic heterocycles. The molecule has 7 heteroatoms. The standard InChI is InChI=1S/C11H22N2O5/c1-8(17)9(12-2)3-4-10(18)13-11(5-14,6-15)7-16/h9,12,14-16H,3-7H2,1-2H3,(H,13,18). The molecule has 5 N–H and O–H groups in total. The van der Waals surface area contributed by atoms with Crippen LogP contribution in [-0.4, -0.2) is 65.5 Å². The Bertz CT molecular complexity index is 270. The smallest absolute Gasteiger partial charge is 0.220 e. The number of hydrogen-bond acceptors (Lipinski definition) is 6. The molecule has 18 heavy (non-hydrogen) atoms. The van der Waals surface area contributed by atoms with Crippen LogP contribution >= 0.6 is 0 Å². The number of nitrogens with one attached hydrogen (secondary N) is 2. The van der Waals surface area contributed by atoms with E-state index in [0.717, 1.165) is 0 Å². The number of ketones is 1. The highest BCUT2D eigenvalue weighted by molar-refractivity contribution is 5.83. The average Bonchev–Trinajstić information content (AvgIpc) is 2.36. The number of hydrogen-bond donors (Lipinski definition) is 5. The maximum Gasteiger partial charge on any atom is 0.220 e. The lowest BCUT2D eigenvalue weighted by Gasteiger charge is -2.28. The number of aliphatic hydroxyl groups is 3. The van der Waals surface area contributed by atoms with E-state index in [1.54, 1.807) is 7.05 Å². The Morgan fingerprint density at radius 2 is 1.67 bits per heavy atom. The van der Waals surface area contributed by atoms with Gasteiger partial charge in [-0.25, -0.2) is 0 Å². The van der Waals surface area contributed by atoms with Crippen molar-refractivity contribution in [3.05, 3.63) is 0 Å². The molecular formula is C11H22N2O5. The zero-order valence-electron chi connectivity index (χ0n) is 10.8. The van der Waals surface area contributed by atoms with Gasteiger partial charge in [0.15, 0.2) is 0 Å². The van der Waals surface area contributed by atoms with Crippen LogP contribution in [-0.2, 0) is 9.59 Å². The van der Waals surface area contributed by atoms with Crippen molar-refractivity contribution in [1.29, 1.82) is 0 Å². The first-order chi connectivity index (χ1) is 8.44. The number of amides is 1. The number of Topliss-reactive ketones (excluding diaryl/α,β-unsaturated/α-hetero) is 1. The van der Waals surface area contributed by atoms with Gasteiger partial charge in [-0.15, -0.1) is 0 Å². The number of aliphatic hydroxyl groups excluding tert-OH is 3. The Balaban J connectivity index is 4.29. The van der Waals surface area contributed by atoms with E-state index in [-0.39, 0.29) is 12.2 Å². The van der Waals surface area contributed by atoms with Gasteiger partial charge >= 0.3 is 0 Å². The molecule has 1 unspecified atom stereocenters. The van der Waals surface area contributed by atoms with Crippen molar-refractivity contribution >= 4 is 11.7 Å². The van der Waals surface area contributed by atoms with Crippen LogP contribution in [0.25, 0.3) is 0 Å². The Morgan fingerprint density at radius 1 is 1.17 bits per heavy atom. The van der Waals surface area contributed by atoms with Crippen molar-refractivity contribution in [3.63, 3.8) is 0 Å². The third kappa shape index (κ3) is 5.09. The number of likely N-dealkylation sites (N-methyl/N-ethyl adjacent to an activating group) is 1. The van der Waals surface area contributed by atoms with Crippen LogP contribution in [0.3, 0.4) is 0 Å². The topological polar surface area (TPSA) is 119 Å². The Kier molecular flexibility index (Phi) is 7.69. The first kappa shape index (κ1) is 17.0. The maximum absolute atomic E-state index is 11.6. The first-order valence-electron chi connectivity index (χ1n) is 5.76. The lowest BCUT2D eigenvalue weighted by molar-refractivity contribution is -0.125. The monoisotopic (exact) mass is 262 g/mol. The van der Waals surface area contributed by atoms with Crippen LogP contribution in [0, 0.1) is 0 Å². The molecule has 0 aromatic heterocycles. The van der Waals surface area contributed by atoms with Gasteiger partial charge in [-0.2, -0.15) is 0 Å². The summed E-state index contributed by atoms with van der Waals surface area (Å²) in [6.45, 7) is -0.256. The molecule has 0 aromatic carbocycles. The van der Waals surface area contributed by atoms with E-state index in [9.17, 15) is 9.59 Å². The van der Waals surface area contributed by atoms with Gasteiger partial charge in [-0.3, -0.25) is 9.59 Å². The van der Waals surface area contributed by atoms with Gasteiger partial charge in [-0.05, 0) is 20.4 Å². The zero-order valence-corrected chi connectivity index (χ0v) is 10.8. The van der Waals surface area contributed by atoms with Gasteiger partial charge in [0, 0.05) is 6.42 Å². The molecule has 0 aliphatic rings. The Morgan fingerprint density at radius 3 is 2.00 bits per heavy atom. The summed E-state index contributed by atoms with van der Waals surface area (Å²) in [5, 5.41) is 32.3. The fourth-order valence-corrected chi connectivity index (χ4v) is 1.45. The average molecular weight is 262 g/mol. The van der Waals surface area contributed by atoms with Gasteiger partial charge < -0.3 is 26.0 Å². The predicted molar refractivity (Wildman–Crippen MR) is 64.9 cm³/mol. The second kappa shape index (κ2) is 8.15. The number of carbonyl (C=O) groups is 2. The highest BCUT2D eigenvalue weighted by Gasteiger charge is 2.29. The SMILES string of the molecule is CNC(CCC(=O)NC(CO)(CO)CO)C(C)=O. The molecular weight excluding hydrogens is 240 g/mol. The van der Waals surface area contributed by atoms with Crippen LogP contribution in [0.15, 0.2) is 0 Å². The molecule has 0 radical (unpaired) electrons. The van der Waals surface area contributed by atoms with Crippen molar-refractivity contribution in [3.8, 4) is 0 Å². The third-order valence-electron chi connectivity index (χ3n) is 2.81. The summed E-state index contributed by atoms with van der Waals surface area (Å²) in [4.78, 5) is 22.7. The third-order valence-corrected chi connectivity index (χ3v) is 2.81. The van der Waals surface area contributed by atoms with Crippen molar-refractivity contribution in [2.24, 2.45) is 0 Å². The minimum Gasteiger partial charge on any atom is -0.394 e. The van der Waals surface area contributed by atoms with Gasteiger partial charge in [0.1, 0.15) is 11.3 Å². The summed E-state index contributed by atoms with van der Waals surface area (Å²) in [5.41, 5.74) is -1.41. The van der Waals surface area contributed by atoms with Crippen molar-refractivity contribution < 1.29 is 24.9 Å². The summed E-state index contributed by atoms with van der Waals surface area (Å²) in [5.74, 6) is -0.503. The minimum atomic E-state index is -1.41. The van der Waals surface area contributed by atoms with Crippen LogP contribution in [0.4, 0.5) is 0 Å². The lowest BCUT2D eigenvalue weighted by Crippen LogP contribution is -2.57. The first-order valence-corrected chi connectivity index (χ1v) is 5.76. The summed E-state index contributed by atoms with van der Waals surface area (Å²) in [7, 11) is 1.63. The summed E-state index contributed by atoms with van der Waals surface area (Å²) in [6, 6.07) is -0.400. The van der Waals surface area contributed by atoms with Gasteiger partial charge in [0.25, 0.3) is 0 Å². The van der Waals surface area contributed by atoms with E-state index in [1.165, 1.54) is 6.92 Å². The van der Waals surface area contributed by atoms with E-state index < -0.39 is 37.3 Å². The molecule has 0 saturated carbocycles. The van der Waals surface area contributed by atoms with E-state index >= 15 is 0 Å². The summed E-state index contributed by atoms with van der Waals surface area (Å²) < 4.78 is 0. The fourth-order valence-electron chi connectivity index (χ4n) is 1.45. The molecule has 1 amide bonds. The molecule has 0 aliphatic carbocycles. The predicted octanol–water partition coefficient (Wildman–Crippen LogP) is -2.22. The minimum absolute atomic E-state index is 0.0623. The van der Waals surface area contributed by atoms with Crippen molar-refractivity contribution in [1.82, 2.24) is 10.6 Å². The van der Waals surface area contributed by atoms with Crippen molar-refractivity contribution in [2.75, 3.05) is 26.9 Å². The van der Waals surface area contributed by atoms with E-state index in [0.29, 0.717) is 6.42 Å². The lowest BCUT2D eigenvalue weighted by atomic mass is 10.0. The van der Waals surface area contributed by atoms with Gasteiger partial charge in [0.2, 0.25) is 5.91 Å². The Labute approximate surface area is 106 Å². The van der Waals surface area contributed by atoms with Gasteiger partial charge in [0.05, 0.1) is 25.9 Å². The molecule has 0 spiro atoms. The van der Waals surface area contributed by atoms with E-state index in [2.05, 4.69) is 10.6 Å². The molecule has 0 aromatic rings. The number of rotatable bonds is 9. The molecule has 0 bridgehead atoms. The molecule has 1 atom stereocenters. The number of carbonyl (C=O) groups excluding carboxylic acids is 2. The summed E-state index contributed by atoms with van der Waals surface area (Å²) in [6.07, 6.45) is 0.378. The molecule has 0 rings (SSSR count). The largest absolute Gasteiger partial charge is 0.394 e. The second-order valence-corrected chi connectivity index (χ2v) is 4.29. The Hall–Kier alpha value is -1.02. The van der Waals surface area contributed by atoms with Crippen LogP contribution < -0.4 is 10.6 Å². The molecule has 0 saturated heterocycles. The van der Waals surface area contributed by atoms with Gasteiger partial charge in [-0.1, -0.05) is 0 Å². The second-order valence-electron chi connectivity index (χ2n) is 4.29.